The van der Waals surface area contributed by atoms with Crippen LogP contribution in [0.5, 0.6) is 5.75 Å². The van der Waals surface area contributed by atoms with Crippen LogP contribution in [-0.4, -0.2) is 48.5 Å². The first-order valence-electron chi connectivity index (χ1n) is 10.4. The molecular weight excluding hydrogens is 410 g/mol. The van der Waals surface area contributed by atoms with Crippen molar-refractivity contribution in [3.05, 3.63) is 83.5 Å². The van der Waals surface area contributed by atoms with Gasteiger partial charge in [-0.05, 0) is 37.1 Å². The average molecular weight is 435 g/mol. The van der Waals surface area contributed by atoms with E-state index >= 15 is 0 Å². The maximum atomic E-state index is 12.8. The van der Waals surface area contributed by atoms with E-state index in [-0.39, 0.29) is 11.1 Å². The molecule has 0 spiro atoms. The van der Waals surface area contributed by atoms with Crippen LogP contribution in [0.1, 0.15) is 12.5 Å². The third-order valence-corrected chi connectivity index (χ3v) is 5.69. The summed E-state index contributed by atoms with van der Waals surface area (Å²) < 4.78 is 16.8. The van der Waals surface area contributed by atoms with Gasteiger partial charge in [-0.25, -0.2) is 9.59 Å². The number of ether oxygens (including phenoxy) is 3. The number of carbonyl (C=O) groups excluding carboxylic acids is 1. The van der Waals surface area contributed by atoms with E-state index in [1.165, 1.54) is 7.11 Å². The Morgan fingerprint density at radius 2 is 1.97 bits per heavy atom. The van der Waals surface area contributed by atoms with Gasteiger partial charge in [-0.2, -0.15) is 0 Å². The van der Waals surface area contributed by atoms with Gasteiger partial charge in [0, 0.05) is 11.8 Å². The molecule has 7 heteroatoms. The second kappa shape index (κ2) is 8.88. The zero-order chi connectivity index (χ0) is 22.7. The Labute approximate surface area is 186 Å². The van der Waals surface area contributed by atoms with E-state index in [1.807, 2.05) is 61.5 Å². The van der Waals surface area contributed by atoms with Crippen LogP contribution in [0.4, 0.5) is 5.69 Å². The number of carboxylic acids is 1. The van der Waals surface area contributed by atoms with Crippen LogP contribution in [0.3, 0.4) is 0 Å². The van der Waals surface area contributed by atoms with Crippen molar-refractivity contribution < 1.29 is 28.9 Å². The SMILES string of the molecule is CCOc1cccc(NC(Cc2ccccc2)C23C=CC(O2)C(C(=O)O)=C3C(=O)OC)c1. The topological polar surface area (TPSA) is 94.1 Å². The highest BCUT2D eigenvalue weighted by Gasteiger charge is 2.58. The lowest BCUT2D eigenvalue weighted by Gasteiger charge is -2.36. The van der Waals surface area contributed by atoms with Gasteiger partial charge in [0.1, 0.15) is 17.5 Å². The standard InChI is InChI=1S/C25H25NO6/c1-3-31-18-11-7-10-17(15-18)26-20(14-16-8-5-4-6-9-16)25-13-12-19(32-25)21(23(27)28)22(25)24(29)30-2/h4-13,15,19-20,26H,3,14H2,1-2H3,(H,27,28). The van der Waals surface area contributed by atoms with E-state index in [1.54, 1.807) is 12.2 Å². The largest absolute Gasteiger partial charge is 0.494 e. The fourth-order valence-electron chi connectivity index (χ4n) is 4.35. The van der Waals surface area contributed by atoms with Crippen molar-refractivity contribution in [3.63, 3.8) is 0 Å². The molecule has 2 aromatic carbocycles. The molecule has 2 heterocycles. The van der Waals surface area contributed by atoms with E-state index in [0.717, 1.165) is 11.3 Å². The summed E-state index contributed by atoms with van der Waals surface area (Å²) in [5.41, 5.74) is 0.424. The Kier molecular flexibility index (Phi) is 6.01. The zero-order valence-electron chi connectivity index (χ0n) is 17.9. The number of hydrogen-bond acceptors (Lipinski definition) is 6. The normalized spacial score (nSPS) is 22.0. The van der Waals surface area contributed by atoms with Gasteiger partial charge < -0.3 is 24.6 Å². The number of aliphatic carboxylic acids is 1. The summed E-state index contributed by atoms with van der Waals surface area (Å²) in [7, 11) is 1.24. The second-order valence-electron chi connectivity index (χ2n) is 7.62. The summed E-state index contributed by atoms with van der Waals surface area (Å²) in [6.45, 7) is 2.44. The highest BCUT2D eigenvalue weighted by Crippen LogP contribution is 2.47. The fraction of sp³-hybridized carbons (Fsp3) is 0.280. The van der Waals surface area contributed by atoms with Gasteiger partial charge in [-0.3, -0.25) is 0 Å². The van der Waals surface area contributed by atoms with Crippen LogP contribution in [0.25, 0.3) is 0 Å². The Morgan fingerprint density at radius 1 is 1.19 bits per heavy atom. The van der Waals surface area contributed by atoms with Gasteiger partial charge >= 0.3 is 11.9 Å². The third kappa shape index (κ3) is 3.87. The van der Waals surface area contributed by atoms with Gasteiger partial charge in [-0.15, -0.1) is 0 Å². The Morgan fingerprint density at radius 3 is 2.66 bits per heavy atom. The van der Waals surface area contributed by atoms with E-state index in [9.17, 15) is 14.7 Å². The predicted octanol–water partition coefficient (Wildman–Crippen LogP) is 3.37. The summed E-state index contributed by atoms with van der Waals surface area (Å²) in [6.07, 6.45) is 3.12. The summed E-state index contributed by atoms with van der Waals surface area (Å²) in [5, 5.41) is 13.3. The highest BCUT2D eigenvalue weighted by atomic mass is 16.5. The molecule has 3 atom stereocenters. The molecule has 0 radical (unpaired) electrons. The number of rotatable bonds is 9. The number of benzene rings is 2. The first kappa shape index (κ1) is 21.6. The molecular formula is C25H25NO6. The first-order chi connectivity index (χ1) is 15.5. The average Bonchev–Trinajstić information content (AvgIpc) is 3.37. The van der Waals surface area contributed by atoms with Crippen LogP contribution < -0.4 is 10.1 Å². The van der Waals surface area contributed by atoms with E-state index in [2.05, 4.69) is 5.32 Å². The summed E-state index contributed by atoms with van der Waals surface area (Å²) in [5.74, 6) is -1.20. The molecule has 0 fully saturated rings. The molecule has 0 aromatic heterocycles. The lowest BCUT2D eigenvalue weighted by atomic mass is 9.79. The predicted molar refractivity (Wildman–Crippen MR) is 119 cm³/mol. The molecule has 32 heavy (non-hydrogen) atoms. The molecule has 166 valence electrons. The molecule has 7 nitrogen and oxygen atoms in total. The summed E-state index contributed by atoms with van der Waals surface area (Å²) >= 11 is 0. The van der Waals surface area contributed by atoms with Gasteiger partial charge in [0.2, 0.25) is 0 Å². The van der Waals surface area contributed by atoms with Crippen molar-refractivity contribution in [1.29, 1.82) is 0 Å². The lowest BCUT2D eigenvalue weighted by molar-refractivity contribution is -0.139. The monoisotopic (exact) mass is 435 g/mol. The van der Waals surface area contributed by atoms with Crippen molar-refractivity contribution in [2.45, 2.75) is 31.1 Å². The number of esters is 1. The maximum Gasteiger partial charge on any atom is 0.337 e. The number of methoxy groups -OCH3 is 1. The van der Waals surface area contributed by atoms with Gasteiger partial charge in [0.15, 0.2) is 0 Å². The van der Waals surface area contributed by atoms with Crippen molar-refractivity contribution in [2.75, 3.05) is 19.0 Å². The number of carbonyl (C=O) groups is 2. The van der Waals surface area contributed by atoms with Crippen molar-refractivity contribution in [2.24, 2.45) is 0 Å². The van der Waals surface area contributed by atoms with Crippen LogP contribution in [0, 0.1) is 0 Å². The second-order valence-corrected chi connectivity index (χ2v) is 7.62. The Bertz CT molecular complexity index is 1080. The molecule has 2 aliphatic rings. The highest BCUT2D eigenvalue weighted by molar-refractivity contribution is 6.04. The fourth-order valence-corrected chi connectivity index (χ4v) is 4.35. The number of carboxylic acid groups (broad SMARTS) is 1. The van der Waals surface area contributed by atoms with Crippen LogP contribution >= 0.6 is 0 Å². The molecule has 3 unspecified atom stereocenters. The Hall–Kier alpha value is -3.58. The molecule has 0 aliphatic carbocycles. The molecule has 0 saturated heterocycles. The quantitative estimate of drug-likeness (QED) is 0.461. The third-order valence-electron chi connectivity index (χ3n) is 5.69. The van der Waals surface area contributed by atoms with Crippen LogP contribution in [0.2, 0.25) is 0 Å². The lowest BCUT2D eigenvalue weighted by Crippen LogP contribution is -2.49. The van der Waals surface area contributed by atoms with Gasteiger partial charge in [-0.1, -0.05) is 42.5 Å². The van der Waals surface area contributed by atoms with Crippen molar-refractivity contribution in [1.82, 2.24) is 0 Å². The van der Waals surface area contributed by atoms with Crippen LogP contribution in [0.15, 0.2) is 77.9 Å². The molecule has 2 aromatic rings. The maximum absolute atomic E-state index is 12.8. The molecule has 0 amide bonds. The molecule has 2 N–H and O–H groups in total. The number of anilines is 1. The zero-order valence-corrected chi connectivity index (χ0v) is 17.9. The Balaban J connectivity index is 1.78. The molecule has 0 saturated carbocycles. The first-order valence-corrected chi connectivity index (χ1v) is 10.4. The molecule has 2 bridgehead atoms. The minimum atomic E-state index is -1.29. The molecule has 4 rings (SSSR count). The van der Waals surface area contributed by atoms with Crippen molar-refractivity contribution in [3.8, 4) is 5.75 Å². The van der Waals surface area contributed by atoms with E-state index < -0.39 is 29.7 Å². The van der Waals surface area contributed by atoms with Gasteiger partial charge in [0.25, 0.3) is 0 Å². The summed E-state index contributed by atoms with van der Waals surface area (Å²) in [4.78, 5) is 24.8. The minimum Gasteiger partial charge on any atom is -0.494 e. The number of fused-ring (bicyclic) bond motifs is 2. The molecule has 2 aliphatic heterocycles. The van der Waals surface area contributed by atoms with Crippen LogP contribution in [-0.2, 0) is 25.5 Å². The van der Waals surface area contributed by atoms with E-state index in [4.69, 9.17) is 14.2 Å². The summed E-state index contributed by atoms with van der Waals surface area (Å²) in [6, 6.07) is 16.7. The number of hydrogen-bond donors (Lipinski definition) is 2. The van der Waals surface area contributed by atoms with E-state index in [0.29, 0.717) is 18.8 Å². The van der Waals surface area contributed by atoms with Crippen molar-refractivity contribution >= 4 is 17.6 Å². The minimum absolute atomic E-state index is 0.0226. The van der Waals surface area contributed by atoms with Gasteiger partial charge in [0.05, 0.1) is 30.9 Å². The smallest absolute Gasteiger partial charge is 0.337 e. The number of nitrogens with one attached hydrogen (secondary N) is 1.